The van der Waals surface area contributed by atoms with Gasteiger partial charge in [0.15, 0.2) is 0 Å². The number of benzene rings is 1. The number of methoxy groups -OCH3 is 1. The van der Waals surface area contributed by atoms with E-state index in [0.717, 1.165) is 18.4 Å². The Labute approximate surface area is 141 Å². The lowest BCUT2D eigenvalue weighted by molar-refractivity contribution is -0.138. The zero-order valence-electron chi connectivity index (χ0n) is 13.9. The number of ether oxygens (including phenoxy) is 1. The van der Waals surface area contributed by atoms with Crippen LogP contribution in [-0.4, -0.2) is 60.1 Å². The van der Waals surface area contributed by atoms with Crippen LogP contribution >= 0.6 is 0 Å². The van der Waals surface area contributed by atoms with Crippen molar-refractivity contribution in [1.29, 1.82) is 0 Å². The number of nitrogens with one attached hydrogen (secondary N) is 1. The average molecular weight is 329 g/mol. The van der Waals surface area contributed by atoms with Crippen molar-refractivity contribution in [2.75, 3.05) is 20.2 Å². The van der Waals surface area contributed by atoms with E-state index < -0.39 is 6.10 Å². The molecule has 1 saturated carbocycles. The van der Waals surface area contributed by atoms with Crippen LogP contribution in [0.15, 0.2) is 30.3 Å². The lowest BCUT2D eigenvalue weighted by Crippen LogP contribution is -2.44. The molecule has 6 nitrogen and oxygen atoms in total. The van der Waals surface area contributed by atoms with Crippen molar-refractivity contribution in [2.24, 2.45) is 5.92 Å². The second-order valence-corrected chi connectivity index (χ2v) is 6.97. The second-order valence-electron chi connectivity index (χ2n) is 6.97. The third kappa shape index (κ3) is 2.75. The van der Waals surface area contributed by atoms with Crippen molar-refractivity contribution in [3.05, 3.63) is 35.9 Å². The van der Waals surface area contributed by atoms with Crippen LogP contribution in [0.25, 0.3) is 0 Å². The smallest absolute Gasteiger partial charge is 0.317 e. The van der Waals surface area contributed by atoms with Crippen molar-refractivity contribution >= 4 is 11.9 Å². The molecule has 0 spiro atoms. The lowest BCUT2D eigenvalue weighted by atomic mass is 10.0. The maximum atomic E-state index is 12.7. The van der Waals surface area contributed by atoms with E-state index in [1.807, 2.05) is 40.1 Å². The highest BCUT2D eigenvalue weighted by Crippen LogP contribution is 2.35. The molecule has 6 heteroatoms. The van der Waals surface area contributed by atoms with Crippen LogP contribution in [0.5, 0.6) is 0 Å². The Morgan fingerprint density at radius 2 is 2.00 bits per heavy atom. The van der Waals surface area contributed by atoms with Gasteiger partial charge in [-0.25, -0.2) is 4.79 Å². The number of likely N-dealkylation sites (tertiary alicyclic amines) is 2. The van der Waals surface area contributed by atoms with E-state index in [4.69, 9.17) is 4.74 Å². The minimum absolute atomic E-state index is 0.00568. The molecule has 2 saturated heterocycles. The first-order chi connectivity index (χ1) is 11.7. The summed E-state index contributed by atoms with van der Waals surface area (Å²) in [5.41, 5.74) is 1.10. The number of rotatable bonds is 4. The van der Waals surface area contributed by atoms with Gasteiger partial charge in [0, 0.05) is 38.7 Å². The van der Waals surface area contributed by atoms with Crippen molar-refractivity contribution in [3.8, 4) is 0 Å². The van der Waals surface area contributed by atoms with Crippen molar-refractivity contribution in [2.45, 2.75) is 37.6 Å². The Balaban J connectivity index is 1.50. The normalized spacial score (nSPS) is 29.0. The maximum Gasteiger partial charge on any atom is 0.317 e. The highest BCUT2D eigenvalue weighted by Gasteiger charge is 2.53. The first-order valence-electron chi connectivity index (χ1n) is 8.60. The summed E-state index contributed by atoms with van der Waals surface area (Å²) in [4.78, 5) is 28.8. The average Bonchev–Trinajstić information content (AvgIpc) is 3.24. The van der Waals surface area contributed by atoms with E-state index in [0.29, 0.717) is 25.7 Å². The van der Waals surface area contributed by atoms with Gasteiger partial charge in [-0.05, 0) is 18.4 Å². The molecule has 0 radical (unpaired) electrons. The standard InChI is InChI=1S/C18H23N3O3/c1-24-16-14-10-20(18(23)19-13-7-8-13)11-15(14)21(17(16)22)9-12-5-3-2-4-6-12/h2-6,13-16H,7-11H2,1H3,(H,19,23)/t14-,15+,16-/m0/s1. The van der Waals surface area contributed by atoms with Crippen LogP contribution < -0.4 is 5.32 Å². The summed E-state index contributed by atoms with van der Waals surface area (Å²) in [5.74, 6) is 0.0924. The summed E-state index contributed by atoms with van der Waals surface area (Å²) >= 11 is 0. The molecule has 24 heavy (non-hydrogen) atoms. The van der Waals surface area contributed by atoms with Gasteiger partial charge in [-0.3, -0.25) is 4.79 Å². The summed E-state index contributed by atoms with van der Waals surface area (Å²) in [6.07, 6.45) is 1.70. The number of hydrogen-bond acceptors (Lipinski definition) is 3. The van der Waals surface area contributed by atoms with Gasteiger partial charge in [0.1, 0.15) is 6.10 Å². The SMILES string of the molecule is CO[C@@H]1C(=O)N(Cc2ccccc2)[C@@H]2CN(C(=O)NC3CC3)C[C@H]12. The Morgan fingerprint density at radius 3 is 2.67 bits per heavy atom. The fourth-order valence-electron chi connectivity index (χ4n) is 3.86. The molecule has 2 aliphatic heterocycles. The maximum absolute atomic E-state index is 12.7. The summed E-state index contributed by atoms with van der Waals surface area (Å²) in [5, 5.41) is 3.04. The number of nitrogens with zero attached hydrogens (tertiary/aromatic N) is 2. The minimum atomic E-state index is -0.447. The first-order valence-corrected chi connectivity index (χ1v) is 8.60. The molecule has 3 aliphatic rings. The van der Waals surface area contributed by atoms with Gasteiger partial charge >= 0.3 is 6.03 Å². The van der Waals surface area contributed by atoms with E-state index in [-0.39, 0.29) is 23.9 Å². The van der Waals surface area contributed by atoms with Gasteiger partial charge in [-0.2, -0.15) is 0 Å². The third-order valence-electron chi connectivity index (χ3n) is 5.29. The molecule has 1 N–H and O–H groups in total. The molecule has 3 amide bonds. The summed E-state index contributed by atoms with van der Waals surface area (Å²) in [6.45, 7) is 1.74. The number of fused-ring (bicyclic) bond motifs is 1. The molecule has 3 atom stereocenters. The quantitative estimate of drug-likeness (QED) is 0.903. The molecule has 1 aliphatic carbocycles. The molecular weight excluding hydrogens is 306 g/mol. The second kappa shape index (κ2) is 6.09. The number of urea groups is 1. The predicted molar refractivity (Wildman–Crippen MR) is 88.2 cm³/mol. The van der Waals surface area contributed by atoms with Crippen molar-refractivity contribution in [3.63, 3.8) is 0 Å². The van der Waals surface area contributed by atoms with Gasteiger partial charge in [-0.1, -0.05) is 30.3 Å². The zero-order chi connectivity index (χ0) is 16.7. The van der Waals surface area contributed by atoms with Crippen LogP contribution in [0.2, 0.25) is 0 Å². The van der Waals surface area contributed by atoms with Gasteiger partial charge in [0.25, 0.3) is 5.91 Å². The Morgan fingerprint density at radius 1 is 1.25 bits per heavy atom. The predicted octanol–water partition coefficient (Wildman–Crippen LogP) is 1.22. The van der Waals surface area contributed by atoms with Crippen LogP contribution in [0, 0.1) is 5.92 Å². The molecule has 0 bridgehead atoms. The van der Waals surface area contributed by atoms with Gasteiger partial charge < -0.3 is 19.9 Å². The van der Waals surface area contributed by atoms with E-state index in [1.165, 1.54) is 0 Å². The van der Waals surface area contributed by atoms with Crippen molar-refractivity contribution in [1.82, 2.24) is 15.1 Å². The molecule has 3 fully saturated rings. The molecule has 1 aromatic rings. The van der Waals surface area contributed by atoms with Crippen LogP contribution in [0.4, 0.5) is 4.79 Å². The van der Waals surface area contributed by atoms with E-state index in [1.54, 1.807) is 7.11 Å². The lowest BCUT2D eigenvalue weighted by Gasteiger charge is -2.25. The summed E-state index contributed by atoms with van der Waals surface area (Å²) in [6, 6.07) is 10.3. The highest BCUT2D eigenvalue weighted by atomic mass is 16.5. The van der Waals surface area contributed by atoms with Gasteiger partial charge in [-0.15, -0.1) is 0 Å². The van der Waals surface area contributed by atoms with Gasteiger partial charge in [0.05, 0.1) is 6.04 Å². The number of carbonyl (C=O) groups excluding carboxylic acids is 2. The number of amides is 3. The first kappa shape index (κ1) is 15.4. The third-order valence-corrected chi connectivity index (χ3v) is 5.29. The fraction of sp³-hybridized carbons (Fsp3) is 0.556. The molecule has 0 aromatic heterocycles. The van der Waals surface area contributed by atoms with E-state index in [9.17, 15) is 9.59 Å². The fourth-order valence-corrected chi connectivity index (χ4v) is 3.86. The summed E-state index contributed by atoms with van der Waals surface area (Å²) < 4.78 is 5.48. The summed E-state index contributed by atoms with van der Waals surface area (Å²) in [7, 11) is 1.58. The Hall–Kier alpha value is -2.08. The Bertz CT molecular complexity index is 632. The van der Waals surface area contributed by atoms with Gasteiger partial charge in [0.2, 0.25) is 0 Å². The van der Waals surface area contributed by atoms with Crippen molar-refractivity contribution < 1.29 is 14.3 Å². The van der Waals surface area contributed by atoms with Crippen LogP contribution in [0.3, 0.4) is 0 Å². The molecule has 4 rings (SSSR count). The molecule has 0 unspecified atom stereocenters. The minimum Gasteiger partial charge on any atom is -0.371 e. The van der Waals surface area contributed by atoms with Crippen LogP contribution in [0.1, 0.15) is 18.4 Å². The molecule has 1 aromatic carbocycles. The molecular formula is C18H23N3O3. The number of hydrogen-bond donors (Lipinski definition) is 1. The Kier molecular flexibility index (Phi) is 3.92. The van der Waals surface area contributed by atoms with E-state index >= 15 is 0 Å². The van der Waals surface area contributed by atoms with Crippen LogP contribution in [-0.2, 0) is 16.1 Å². The zero-order valence-corrected chi connectivity index (χ0v) is 13.9. The molecule has 2 heterocycles. The molecule has 128 valence electrons. The largest absolute Gasteiger partial charge is 0.371 e. The number of carbonyl (C=O) groups is 2. The topological polar surface area (TPSA) is 61.9 Å². The van der Waals surface area contributed by atoms with E-state index in [2.05, 4.69) is 5.32 Å². The highest BCUT2D eigenvalue weighted by molar-refractivity contribution is 5.85. The monoisotopic (exact) mass is 329 g/mol.